The van der Waals surface area contributed by atoms with Crippen molar-refractivity contribution >= 4 is 29.8 Å². The summed E-state index contributed by atoms with van der Waals surface area (Å²) in [5.74, 6) is 0.727. The van der Waals surface area contributed by atoms with E-state index in [2.05, 4.69) is 15.3 Å². The van der Waals surface area contributed by atoms with Crippen molar-refractivity contribution in [2.75, 3.05) is 0 Å². The van der Waals surface area contributed by atoms with Crippen molar-refractivity contribution in [3.8, 4) is 10.7 Å². The van der Waals surface area contributed by atoms with E-state index in [1.165, 1.54) is 0 Å². The van der Waals surface area contributed by atoms with Gasteiger partial charge < -0.3 is 4.57 Å². The van der Waals surface area contributed by atoms with Gasteiger partial charge in [-0.25, -0.2) is 5.10 Å². The van der Waals surface area contributed by atoms with Crippen LogP contribution in [0.1, 0.15) is 5.69 Å². The van der Waals surface area contributed by atoms with Crippen LogP contribution in [0.15, 0.2) is 40.9 Å². The number of aryl methyl sites for hydroxylation is 1. The average molecular weight is 289 g/mol. The standard InChI is InChI=1S/C12H11N5S2/c1-16-6-2-4-9(16)8-13-17-11(14-15-12(17)18)10-5-3-7-19-10/h2-8H,1H3,(H,15,18)/b13-8+. The number of nitrogens with zero attached hydrogens (tertiary/aromatic N) is 4. The average Bonchev–Trinajstić information content (AvgIpc) is 3.09. The zero-order chi connectivity index (χ0) is 13.2. The molecular weight excluding hydrogens is 278 g/mol. The summed E-state index contributed by atoms with van der Waals surface area (Å²) in [4.78, 5) is 1.02. The summed E-state index contributed by atoms with van der Waals surface area (Å²) in [6, 6.07) is 7.92. The van der Waals surface area contributed by atoms with Gasteiger partial charge in [0, 0.05) is 13.2 Å². The van der Waals surface area contributed by atoms with E-state index in [0.29, 0.717) is 4.77 Å². The minimum absolute atomic E-state index is 0.480. The van der Waals surface area contributed by atoms with Crippen molar-refractivity contribution in [2.45, 2.75) is 0 Å². The predicted molar refractivity (Wildman–Crippen MR) is 79.1 cm³/mol. The topological polar surface area (TPSA) is 50.9 Å². The number of aromatic amines is 1. The van der Waals surface area contributed by atoms with Crippen LogP contribution in [0.2, 0.25) is 0 Å². The summed E-state index contributed by atoms with van der Waals surface area (Å²) in [5.41, 5.74) is 1.00. The third-order valence-corrected chi connectivity index (χ3v) is 3.81. The number of nitrogens with one attached hydrogen (secondary N) is 1. The van der Waals surface area contributed by atoms with Gasteiger partial charge in [-0.05, 0) is 35.8 Å². The molecule has 0 saturated heterocycles. The molecule has 7 heteroatoms. The van der Waals surface area contributed by atoms with Crippen LogP contribution in [0.4, 0.5) is 0 Å². The van der Waals surface area contributed by atoms with Gasteiger partial charge in [0.15, 0.2) is 5.82 Å². The van der Waals surface area contributed by atoms with E-state index in [1.807, 2.05) is 47.5 Å². The highest BCUT2D eigenvalue weighted by Gasteiger charge is 2.08. The minimum Gasteiger partial charge on any atom is -0.350 e. The van der Waals surface area contributed by atoms with Crippen LogP contribution in [0.5, 0.6) is 0 Å². The number of rotatable bonds is 3. The van der Waals surface area contributed by atoms with Gasteiger partial charge in [-0.1, -0.05) is 6.07 Å². The second-order valence-corrected chi connectivity index (χ2v) is 5.26. The molecule has 3 heterocycles. The van der Waals surface area contributed by atoms with Gasteiger partial charge in [-0.3, -0.25) is 0 Å². The fourth-order valence-electron chi connectivity index (χ4n) is 1.69. The molecule has 3 aromatic heterocycles. The predicted octanol–water partition coefficient (Wildman–Crippen LogP) is 2.89. The van der Waals surface area contributed by atoms with E-state index in [4.69, 9.17) is 12.2 Å². The first-order valence-corrected chi connectivity index (χ1v) is 6.91. The van der Waals surface area contributed by atoms with Gasteiger partial charge in [0.1, 0.15) is 0 Å². The summed E-state index contributed by atoms with van der Waals surface area (Å²) in [6.45, 7) is 0. The van der Waals surface area contributed by atoms with Gasteiger partial charge in [-0.15, -0.1) is 11.3 Å². The normalized spacial score (nSPS) is 11.4. The molecule has 0 fully saturated rings. The zero-order valence-electron chi connectivity index (χ0n) is 10.1. The highest BCUT2D eigenvalue weighted by Crippen LogP contribution is 2.22. The number of H-pyrrole nitrogens is 1. The minimum atomic E-state index is 0.480. The Kier molecular flexibility index (Phi) is 3.14. The van der Waals surface area contributed by atoms with Crippen molar-refractivity contribution < 1.29 is 0 Å². The molecular formula is C12H11N5S2. The maximum atomic E-state index is 5.20. The van der Waals surface area contributed by atoms with Crippen LogP contribution >= 0.6 is 23.6 Å². The Morgan fingerprint density at radius 3 is 3.00 bits per heavy atom. The van der Waals surface area contributed by atoms with Gasteiger partial charge in [0.2, 0.25) is 4.77 Å². The molecule has 0 atom stereocenters. The third-order valence-electron chi connectivity index (χ3n) is 2.68. The van der Waals surface area contributed by atoms with Gasteiger partial charge >= 0.3 is 0 Å². The summed E-state index contributed by atoms with van der Waals surface area (Å²) < 4.78 is 4.10. The molecule has 0 spiro atoms. The maximum absolute atomic E-state index is 5.20. The Morgan fingerprint density at radius 1 is 1.42 bits per heavy atom. The summed E-state index contributed by atoms with van der Waals surface area (Å²) >= 11 is 6.80. The van der Waals surface area contributed by atoms with Crippen molar-refractivity contribution in [3.63, 3.8) is 0 Å². The first-order valence-electron chi connectivity index (χ1n) is 5.62. The van der Waals surface area contributed by atoms with E-state index in [1.54, 1.807) is 22.2 Å². The molecule has 0 bridgehead atoms. The Balaban J connectivity index is 2.02. The second-order valence-electron chi connectivity index (χ2n) is 3.93. The van der Waals surface area contributed by atoms with Crippen molar-refractivity contribution in [3.05, 3.63) is 46.3 Å². The van der Waals surface area contributed by atoms with Crippen LogP contribution in [-0.2, 0) is 7.05 Å². The quantitative estimate of drug-likeness (QED) is 0.595. The molecule has 3 rings (SSSR count). The van der Waals surface area contributed by atoms with E-state index in [0.717, 1.165) is 16.4 Å². The van der Waals surface area contributed by atoms with E-state index < -0.39 is 0 Å². The largest absolute Gasteiger partial charge is 0.350 e. The van der Waals surface area contributed by atoms with Gasteiger partial charge in [0.05, 0.1) is 16.8 Å². The molecule has 1 N–H and O–H groups in total. The van der Waals surface area contributed by atoms with Crippen molar-refractivity contribution in [1.29, 1.82) is 0 Å². The van der Waals surface area contributed by atoms with Crippen molar-refractivity contribution in [1.82, 2.24) is 19.4 Å². The Bertz CT molecular complexity index is 760. The SMILES string of the molecule is Cn1cccc1/C=N/n1c(-c2cccs2)n[nH]c1=S. The molecule has 96 valence electrons. The molecule has 19 heavy (non-hydrogen) atoms. The summed E-state index contributed by atoms with van der Waals surface area (Å²) in [5, 5.41) is 13.4. The first kappa shape index (κ1) is 12.1. The molecule has 0 unspecified atom stereocenters. The molecule has 3 aromatic rings. The van der Waals surface area contributed by atoms with E-state index in [9.17, 15) is 0 Å². The Hall–Kier alpha value is -1.99. The molecule has 0 aromatic carbocycles. The van der Waals surface area contributed by atoms with Gasteiger partial charge in [0.25, 0.3) is 0 Å². The second kappa shape index (κ2) is 4.94. The molecule has 0 aliphatic carbocycles. The fraction of sp³-hybridized carbons (Fsp3) is 0.0833. The zero-order valence-corrected chi connectivity index (χ0v) is 11.8. The Morgan fingerprint density at radius 2 is 2.32 bits per heavy atom. The highest BCUT2D eigenvalue weighted by molar-refractivity contribution is 7.71. The highest BCUT2D eigenvalue weighted by atomic mass is 32.1. The van der Waals surface area contributed by atoms with Crippen LogP contribution in [0.3, 0.4) is 0 Å². The van der Waals surface area contributed by atoms with Crippen LogP contribution < -0.4 is 0 Å². The lowest BCUT2D eigenvalue weighted by Gasteiger charge is -1.98. The summed E-state index contributed by atoms with van der Waals surface area (Å²) in [7, 11) is 1.97. The molecule has 0 radical (unpaired) electrons. The first-order chi connectivity index (χ1) is 9.25. The third kappa shape index (κ3) is 2.29. The number of thiophene rings is 1. The van der Waals surface area contributed by atoms with Crippen LogP contribution in [0.25, 0.3) is 10.7 Å². The molecule has 5 nitrogen and oxygen atoms in total. The lowest BCUT2D eigenvalue weighted by molar-refractivity contribution is 0.863. The lowest BCUT2D eigenvalue weighted by Crippen LogP contribution is -1.97. The number of hydrogen-bond donors (Lipinski definition) is 1. The fourth-order valence-corrected chi connectivity index (χ4v) is 2.57. The van der Waals surface area contributed by atoms with Crippen molar-refractivity contribution in [2.24, 2.45) is 12.1 Å². The van der Waals surface area contributed by atoms with E-state index in [-0.39, 0.29) is 0 Å². The maximum Gasteiger partial charge on any atom is 0.216 e. The monoisotopic (exact) mass is 289 g/mol. The smallest absolute Gasteiger partial charge is 0.216 e. The Labute approximate surface area is 118 Å². The number of hydrogen-bond acceptors (Lipinski definition) is 4. The molecule has 0 aliphatic heterocycles. The number of aromatic nitrogens is 4. The van der Waals surface area contributed by atoms with Crippen LogP contribution in [-0.4, -0.2) is 25.7 Å². The lowest BCUT2D eigenvalue weighted by atomic mass is 10.4. The van der Waals surface area contributed by atoms with Gasteiger partial charge in [-0.2, -0.15) is 14.9 Å². The van der Waals surface area contributed by atoms with Crippen LogP contribution in [0, 0.1) is 4.77 Å². The summed E-state index contributed by atoms with van der Waals surface area (Å²) in [6.07, 6.45) is 3.73. The molecule has 0 saturated carbocycles. The molecule has 0 amide bonds. The molecule has 0 aliphatic rings. The van der Waals surface area contributed by atoms with E-state index >= 15 is 0 Å².